The van der Waals surface area contributed by atoms with Crippen LogP contribution in [0.3, 0.4) is 0 Å². The number of hydrogen-bond acceptors (Lipinski definition) is 5. The minimum Gasteiger partial charge on any atom is -0.338 e. The molecule has 4 rings (SSSR count). The van der Waals surface area contributed by atoms with Crippen molar-refractivity contribution in [1.82, 2.24) is 15.3 Å². The monoisotopic (exact) mass is 272 g/mol. The van der Waals surface area contributed by atoms with Crippen LogP contribution in [0, 0.1) is 0 Å². The average Bonchev–Trinajstić information content (AvgIpc) is 2.96. The molecule has 0 amide bonds. The van der Waals surface area contributed by atoms with Crippen molar-refractivity contribution in [2.24, 2.45) is 0 Å². The topological polar surface area (TPSA) is 41.1 Å². The van der Waals surface area contributed by atoms with E-state index in [1.54, 1.807) is 0 Å². The molecular weight excluding hydrogens is 256 g/mol. The molecule has 2 aromatic heterocycles. The Labute approximate surface area is 116 Å². The normalized spacial score (nSPS) is 18.0. The van der Waals surface area contributed by atoms with Gasteiger partial charge in [0.25, 0.3) is 0 Å². The van der Waals surface area contributed by atoms with Crippen molar-refractivity contribution in [2.75, 3.05) is 31.1 Å². The van der Waals surface area contributed by atoms with Gasteiger partial charge in [-0.1, -0.05) is 0 Å². The van der Waals surface area contributed by atoms with E-state index in [9.17, 15) is 0 Å². The predicted molar refractivity (Wildman–Crippen MR) is 77.8 cm³/mol. The van der Waals surface area contributed by atoms with Gasteiger partial charge in [-0.05, 0) is 29.9 Å². The second-order valence-electron chi connectivity index (χ2n) is 5.04. The van der Waals surface area contributed by atoms with Crippen molar-refractivity contribution >= 4 is 17.3 Å². The van der Waals surface area contributed by atoms with Crippen molar-refractivity contribution in [2.45, 2.75) is 12.8 Å². The summed E-state index contributed by atoms with van der Waals surface area (Å²) in [5.41, 5.74) is 3.78. The largest absolute Gasteiger partial charge is 0.338 e. The van der Waals surface area contributed by atoms with E-state index in [0.717, 1.165) is 50.7 Å². The molecule has 1 fully saturated rings. The van der Waals surface area contributed by atoms with Crippen molar-refractivity contribution in [3.05, 3.63) is 28.1 Å². The van der Waals surface area contributed by atoms with E-state index >= 15 is 0 Å². The fourth-order valence-electron chi connectivity index (χ4n) is 2.82. The summed E-state index contributed by atoms with van der Waals surface area (Å²) < 4.78 is 0. The van der Waals surface area contributed by atoms with Gasteiger partial charge in [-0.25, -0.2) is 9.97 Å². The molecule has 0 bridgehead atoms. The van der Waals surface area contributed by atoms with E-state index in [4.69, 9.17) is 4.98 Å². The zero-order valence-electron chi connectivity index (χ0n) is 10.7. The van der Waals surface area contributed by atoms with Gasteiger partial charge >= 0.3 is 0 Å². The van der Waals surface area contributed by atoms with E-state index < -0.39 is 0 Å². The highest BCUT2D eigenvalue weighted by Crippen LogP contribution is 2.35. The fourth-order valence-corrected chi connectivity index (χ4v) is 3.70. The first-order valence-electron chi connectivity index (χ1n) is 6.80. The number of thiophene rings is 1. The third kappa shape index (κ3) is 1.93. The second kappa shape index (κ2) is 4.58. The highest BCUT2D eigenvalue weighted by atomic mass is 32.1. The smallest absolute Gasteiger partial charge is 0.225 e. The fraction of sp³-hybridized carbons (Fsp3) is 0.429. The molecule has 1 saturated heterocycles. The summed E-state index contributed by atoms with van der Waals surface area (Å²) in [6.45, 7) is 4.03. The number of aromatic nitrogens is 2. The van der Waals surface area contributed by atoms with Crippen LogP contribution in [0.4, 0.5) is 5.95 Å². The summed E-state index contributed by atoms with van der Waals surface area (Å²) in [5.74, 6) is 0.888. The van der Waals surface area contributed by atoms with Crippen LogP contribution in [0.1, 0.15) is 10.4 Å². The molecule has 3 heterocycles. The van der Waals surface area contributed by atoms with Gasteiger partial charge in [0.15, 0.2) is 0 Å². The van der Waals surface area contributed by atoms with E-state index in [2.05, 4.69) is 26.6 Å². The zero-order chi connectivity index (χ0) is 12.7. The molecule has 19 heavy (non-hydrogen) atoms. The molecular formula is C14H16N4S. The lowest BCUT2D eigenvalue weighted by Crippen LogP contribution is -2.44. The van der Waals surface area contributed by atoms with Gasteiger partial charge in [0, 0.05) is 42.8 Å². The molecule has 4 nitrogen and oxygen atoms in total. The quantitative estimate of drug-likeness (QED) is 0.858. The number of anilines is 1. The highest BCUT2D eigenvalue weighted by molar-refractivity contribution is 7.10. The number of nitrogens with one attached hydrogen (secondary N) is 1. The lowest BCUT2D eigenvalue weighted by molar-refractivity contribution is 0.579. The Kier molecular flexibility index (Phi) is 2.74. The Morgan fingerprint density at radius 1 is 1.21 bits per heavy atom. The summed E-state index contributed by atoms with van der Waals surface area (Å²) in [4.78, 5) is 13.2. The van der Waals surface area contributed by atoms with Crippen LogP contribution in [0.5, 0.6) is 0 Å². The maximum absolute atomic E-state index is 4.84. The average molecular weight is 272 g/mol. The third-order valence-corrected chi connectivity index (χ3v) is 4.85. The van der Waals surface area contributed by atoms with E-state index in [1.165, 1.54) is 16.0 Å². The van der Waals surface area contributed by atoms with Gasteiger partial charge in [0.2, 0.25) is 5.95 Å². The lowest BCUT2D eigenvalue weighted by atomic mass is 9.96. The van der Waals surface area contributed by atoms with Gasteiger partial charge in [-0.15, -0.1) is 11.3 Å². The van der Waals surface area contributed by atoms with Gasteiger partial charge in [0.05, 0.1) is 5.69 Å². The summed E-state index contributed by atoms with van der Waals surface area (Å²) in [6, 6.07) is 2.20. The first-order valence-corrected chi connectivity index (χ1v) is 7.68. The molecule has 2 aliphatic rings. The second-order valence-corrected chi connectivity index (χ2v) is 6.04. The van der Waals surface area contributed by atoms with E-state index in [1.807, 2.05) is 17.5 Å². The Morgan fingerprint density at radius 3 is 3.00 bits per heavy atom. The van der Waals surface area contributed by atoms with Crippen molar-refractivity contribution < 1.29 is 0 Å². The van der Waals surface area contributed by atoms with Crippen LogP contribution in [-0.4, -0.2) is 36.1 Å². The molecule has 2 aromatic rings. The van der Waals surface area contributed by atoms with Crippen molar-refractivity contribution in [3.63, 3.8) is 0 Å². The van der Waals surface area contributed by atoms with Gasteiger partial charge in [-0.3, -0.25) is 0 Å². The third-order valence-electron chi connectivity index (χ3n) is 3.87. The number of rotatable bonds is 1. The number of fused-ring (bicyclic) bond motifs is 3. The number of piperazine rings is 1. The molecule has 0 radical (unpaired) electrons. The SMILES string of the molecule is c1cc2c(s1)CCc1cnc(N3CCNCC3)nc1-2. The summed E-state index contributed by atoms with van der Waals surface area (Å²) in [6.07, 6.45) is 4.24. The van der Waals surface area contributed by atoms with Crippen LogP contribution in [-0.2, 0) is 12.8 Å². The Morgan fingerprint density at radius 2 is 2.11 bits per heavy atom. The summed E-state index contributed by atoms with van der Waals surface area (Å²) >= 11 is 1.85. The Bertz CT molecular complexity index is 601. The predicted octanol–water partition coefficient (Wildman–Crippen LogP) is 1.71. The first kappa shape index (κ1) is 11.4. The lowest BCUT2D eigenvalue weighted by Gasteiger charge is -2.28. The molecule has 0 aromatic carbocycles. The van der Waals surface area contributed by atoms with E-state index in [0.29, 0.717) is 0 Å². The van der Waals surface area contributed by atoms with Crippen LogP contribution in [0.2, 0.25) is 0 Å². The van der Waals surface area contributed by atoms with Gasteiger partial charge < -0.3 is 10.2 Å². The van der Waals surface area contributed by atoms with Gasteiger partial charge in [-0.2, -0.15) is 0 Å². The molecule has 0 saturated carbocycles. The Hall–Kier alpha value is -1.46. The number of nitrogens with zero attached hydrogens (tertiary/aromatic N) is 3. The van der Waals surface area contributed by atoms with E-state index in [-0.39, 0.29) is 0 Å². The summed E-state index contributed by atoms with van der Waals surface area (Å²) in [5, 5.41) is 5.54. The molecule has 98 valence electrons. The van der Waals surface area contributed by atoms with Crippen LogP contribution in [0.25, 0.3) is 11.3 Å². The summed E-state index contributed by atoms with van der Waals surface area (Å²) in [7, 11) is 0. The molecule has 0 atom stereocenters. The maximum atomic E-state index is 4.84. The minimum atomic E-state index is 0.888. The van der Waals surface area contributed by atoms with Crippen molar-refractivity contribution in [3.8, 4) is 11.3 Å². The molecule has 0 unspecified atom stereocenters. The maximum Gasteiger partial charge on any atom is 0.225 e. The molecule has 0 spiro atoms. The standard InChI is InChI=1S/C14H16N4S/c1-2-12-11(3-8-19-12)13-10(1)9-16-14(17-13)18-6-4-15-5-7-18/h3,8-9,15H,1-2,4-7H2. The van der Waals surface area contributed by atoms with Crippen LogP contribution >= 0.6 is 11.3 Å². The molecule has 5 heteroatoms. The molecule has 1 aliphatic carbocycles. The molecule has 1 aliphatic heterocycles. The van der Waals surface area contributed by atoms with Crippen molar-refractivity contribution in [1.29, 1.82) is 0 Å². The molecule has 1 N–H and O–H groups in total. The number of aryl methyl sites for hydroxylation is 2. The van der Waals surface area contributed by atoms with Crippen LogP contribution in [0.15, 0.2) is 17.6 Å². The Balaban J connectivity index is 1.75. The minimum absolute atomic E-state index is 0.888. The van der Waals surface area contributed by atoms with Gasteiger partial charge in [0.1, 0.15) is 0 Å². The first-order chi connectivity index (χ1) is 9.42. The highest BCUT2D eigenvalue weighted by Gasteiger charge is 2.21. The van der Waals surface area contributed by atoms with Crippen LogP contribution < -0.4 is 10.2 Å². The zero-order valence-corrected chi connectivity index (χ0v) is 11.5. The number of hydrogen-bond donors (Lipinski definition) is 1.